The van der Waals surface area contributed by atoms with Crippen molar-refractivity contribution in [2.75, 3.05) is 5.73 Å². The summed E-state index contributed by atoms with van der Waals surface area (Å²) in [4.78, 5) is 28.9. The van der Waals surface area contributed by atoms with Gasteiger partial charge in [0.05, 0.1) is 16.7 Å². The number of halogens is 2. The number of nitrogen functional groups attached to an aromatic ring is 1. The SMILES string of the molecule is Nc1ccc(C(=O)c2cc3[nH]c(=O)[nH]c3cc2Br)cc1F. The molecule has 1 heterocycles. The van der Waals surface area contributed by atoms with Gasteiger partial charge in [0.1, 0.15) is 5.82 Å². The fourth-order valence-corrected chi connectivity index (χ4v) is 2.58. The maximum absolute atomic E-state index is 13.5. The smallest absolute Gasteiger partial charge is 0.323 e. The van der Waals surface area contributed by atoms with Crippen molar-refractivity contribution in [3.05, 3.63) is 62.2 Å². The van der Waals surface area contributed by atoms with Crippen LogP contribution in [-0.4, -0.2) is 15.8 Å². The predicted octanol–water partition coefficient (Wildman–Crippen LogP) is 2.57. The molecule has 0 saturated heterocycles. The Morgan fingerprint density at radius 3 is 2.48 bits per heavy atom. The first-order valence-corrected chi connectivity index (χ1v) is 6.76. The van der Waals surface area contributed by atoms with Gasteiger partial charge in [0.15, 0.2) is 5.78 Å². The number of aromatic nitrogens is 2. The number of ketones is 1. The molecule has 106 valence electrons. The van der Waals surface area contributed by atoms with E-state index in [0.29, 0.717) is 21.1 Å². The number of fused-ring (bicyclic) bond motifs is 1. The third-order valence-corrected chi connectivity index (χ3v) is 3.77. The molecule has 0 aliphatic carbocycles. The van der Waals surface area contributed by atoms with Crippen molar-refractivity contribution in [1.29, 1.82) is 0 Å². The molecule has 3 aromatic rings. The van der Waals surface area contributed by atoms with E-state index in [1.807, 2.05) is 0 Å². The number of carbonyl (C=O) groups is 1. The average Bonchev–Trinajstić information content (AvgIpc) is 2.79. The largest absolute Gasteiger partial charge is 0.396 e. The van der Waals surface area contributed by atoms with Crippen LogP contribution in [0.15, 0.2) is 39.6 Å². The van der Waals surface area contributed by atoms with Crippen molar-refractivity contribution in [2.24, 2.45) is 0 Å². The van der Waals surface area contributed by atoms with Gasteiger partial charge in [-0.25, -0.2) is 9.18 Å². The summed E-state index contributed by atoms with van der Waals surface area (Å²) in [5.74, 6) is -1.02. The number of hydrogen-bond donors (Lipinski definition) is 3. The number of nitrogens with two attached hydrogens (primary N) is 1. The third-order valence-electron chi connectivity index (χ3n) is 3.11. The van der Waals surface area contributed by atoms with Crippen molar-refractivity contribution in [3.8, 4) is 0 Å². The van der Waals surface area contributed by atoms with Gasteiger partial charge in [-0.15, -0.1) is 0 Å². The summed E-state index contributed by atoms with van der Waals surface area (Å²) in [6.07, 6.45) is 0. The summed E-state index contributed by atoms with van der Waals surface area (Å²) in [6.45, 7) is 0. The minimum Gasteiger partial charge on any atom is -0.396 e. The van der Waals surface area contributed by atoms with E-state index >= 15 is 0 Å². The van der Waals surface area contributed by atoms with Gasteiger partial charge in [-0.1, -0.05) is 0 Å². The second kappa shape index (κ2) is 4.85. The van der Waals surface area contributed by atoms with Crippen molar-refractivity contribution in [3.63, 3.8) is 0 Å². The second-order valence-corrected chi connectivity index (χ2v) is 5.38. The molecule has 0 atom stereocenters. The van der Waals surface area contributed by atoms with E-state index in [2.05, 4.69) is 25.9 Å². The first-order chi connectivity index (χ1) is 9.95. The molecule has 0 saturated carbocycles. The van der Waals surface area contributed by atoms with Crippen molar-refractivity contribution >= 4 is 38.4 Å². The highest BCUT2D eigenvalue weighted by Gasteiger charge is 2.16. The van der Waals surface area contributed by atoms with Crippen LogP contribution in [0.3, 0.4) is 0 Å². The standard InChI is InChI=1S/C14H9BrFN3O2/c15-8-5-12-11(18-14(21)19-12)4-7(8)13(20)6-1-2-10(17)9(16)3-6/h1-5H,17H2,(H2,18,19,21). The maximum Gasteiger partial charge on any atom is 0.323 e. The topological polar surface area (TPSA) is 91.7 Å². The molecule has 4 N–H and O–H groups in total. The first kappa shape index (κ1) is 13.6. The van der Waals surface area contributed by atoms with E-state index in [1.165, 1.54) is 18.2 Å². The van der Waals surface area contributed by atoms with Crippen LogP contribution >= 0.6 is 15.9 Å². The fraction of sp³-hybridized carbons (Fsp3) is 0. The van der Waals surface area contributed by atoms with Gasteiger partial charge in [0.25, 0.3) is 0 Å². The molecule has 3 rings (SSSR count). The Labute approximate surface area is 126 Å². The second-order valence-electron chi connectivity index (χ2n) is 4.52. The monoisotopic (exact) mass is 349 g/mol. The van der Waals surface area contributed by atoms with Crippen LogP contribution in [0.25, 0.3) is 11.0 Å². The zero-order chi connectivity index (χ0) is 15.1. The Bertz CT molecular complexity index is 930. The van der Waals surface area contributed by atoms with Gasteiger partial charge in [-0.05, 0) is 46.3 Å². The van der Waals surface area contributed by atoms with Crippen LogP contribution in [0.4, 0.5) is 10.1 Å². The zero-order valence-corrected chi connectivity index (χ0v) is 12.1. The van der Waals surface area contributed by atoms with Crippen LogP contribution < -0.4 is 11.4 Å². The third kappa shape index (κ3) is 2.36. The molecule has 5 nitrogen and oxygen atoms in total. The lowest BCUT2D eigenvalue weighted by atomic mass is 10.0. The van der Waals surface area contributed by atoms with Gasteiger partial charge >= 0.3 is 5.69 Å². The minimum absolute atomic E-state index is 0.0176. The van der Waals surface area contributed by atoms with Crippen LogP contribution in [0.1, 0.15) is 15.9 Å². The normalized spacial score (nSPS) is 11.0. The van der Waals surface area contributed by atoms with Gasteiger partial charge < -0.3 is 15.7 Å². The molecule has 0 spiro atoms. The molecule has 0 bridgehead atoms. The van der Waals surface area contributed by atoms with Crippen LogP contribution in [-0.2, 0) is 0 Å². The molecule has 0 fully saturated rings. The summed E-state index contributed by atoms with van der Waals surface area (Å²) >= 11 is 3.28. The van der Waals surface area contributed by atoms with E-state index < -0.39 is 5.82 Å². The molecule has 21 heavy (non-hydrogen) atoms. The zero-order valence-electron chi connectivity index (χ0n) is 10.5. The summed E-state index contributed by atoms with van der Waals surface area (Å²) in [6, 6.07) is 7.04. The highest BCUT2D eigenvalue weighted by atomic mass is 79.9. The van der Waals surface area contributed by atoms with E-state index in [4.69, 9.17) is 5.73 Å². The van der Waals surface area contributed by atoms with Gasteiger partial charge in [0.2, 0.25) is 0 Å². The Kier molecular flexibility index (Phi) is 3.13. The molecule has 1 aromatic heterocycles. The van der Waals surface area contributed by atoms with Crippen LogP contribution in [0.2, 0.25) is 0 Å². The summed E-state index contributed by atoms with van der Waals surface area (Å²) in [5.41, 5.74) is 6.60. The van der Waals surface area contributed by atoms with Crippen molar-refractivity contribution < 1.29 is 9.18 Å². The van der Waals surface area contributed by atoms with Crippen molar-refractivity contribution in [1.82, 2.24) is 9.97 Å². The van der Waals surface area contributed by atoms with E-state index in [-0.39, 0.29) is 22.7 Å². The van der Waals surface area contributed by atoms with Gasteiger partial charge in [-0.2, -0.15) is 0 Å². The Morgan fingerprint density at radius 2 is 1.81 bits per heavy atom. The summed E-state index contributed by atoms with van der Waals surface area (Å²) in [5, 5.41) is 0. The Balaban J connectivity index is 2.14. The first-order valence-electron chi connectivity index (χ1n) is 5.97. The number of nitrogens with one attached hydrogen (secondary N) is 2. The molecular formula is C14H9BrFN3O2. The number of H-pyrrole nitrogens is 2. The molecular weight excluding hydrogens is 341 g/mol. The number of carbonyl (C=O) groups excluding carboxylic acids is 1. The van der Waals surface area contributed by atoms with Gasteiger partial charge in [0, 0.05) is 15.6 Å². The highest BCUT2D eigenvalue weighted by Crippen LogP contribution is 2.25. The average molecular weight is 350 g/mol. The minimum atomic E-state index is -0.645. The highest BCUT2D eigenvalue weighted by molar-refractivity contribution is 9.10. The van der Waals surface area contributed by atoms with Crippen LogP contribution in [0, 0.1) is 5.82 Å². The lowest BCUT2D eigenvalue weighted by molar-refractivity contribution is 0.103. The molecule has 0 amide bonds. The van der Waals surface area contributed by atoms with E-state index in [0.717, 1.165) is 6.07 Å². The molecule has 0 aliphatic rings. The Hall–Kier alpha value is -2.41. The molecule has 0 unspecified atom stereocenters. The Morgan fingerprint density at radius 1 is 1.14 bits per heavy atom. The number of rotatable bonds is 2. The number of benzene rings is 2. The van der Waals surface area contributed by atoms with E-state index in [1.54, 1.807) is 6.07 Å². The number of imidazole rings is 1. The predicted molar refractivity (Wildman–Crippen MR) is 80.9 cm³/mol. The fourth-order valence-electron chi connectivity index (χ4n) is 2.05. The number of aromatic amines is 2. The van der Waals surface area contributed by atoms with E-state index in [9.17, 15) is 14.0 Å². The maximum atomic E-state index is 13.5. The van der Waals surface area contributed by atoms with Gasteiger partial charge in [-0.3, -0.25) is 4.79 Å². The molecule has 7 heteroatoms. The molecule has 0 aliphatic heterocycles. The van der Waals surface area contributed by atoms with Crippen LogP contribution in [0.5, 0.6) is 0 Å². The number of anilines is 1. The van der Waals surface area contributed by atoms with Crippen molar-refractivity contribution in [2.45, 2.75) is 0 Å². The lowest BCUT2D eigenvalue weighted by Gasteiger charge is -2.05. The quantitative estimate of drug-likeness (QED) is 0.490. The summed E-state index contributed by atoms with van der Waals surface area (Å²) < 4.78 is 14.0. The number of hydrogen-bond acceptors (Lipinski definition) is 3. The molecule has 0 radical (unpaired) electrons. The molecule has 2 aromatic carbocycles. The lowest BCUT2D eigenvalue weighted by Crippen LogP contribution is -2.04. The summed E-state index contributed by atoms with van der Waals surface area (Å²) in [7, 11) is 0.